The number of pyridine rings is 1. The highest BCUT2D eigenvalue weighted by molar-refractivity contribution is 7.93. The van der Waals surface area contributed by atoms with Crippen LogP contribution in [0.4, 0.5) is 11.5 Å². The van der Waals surface area contributed by atoms with Gasteiger partial charge in [0.15, 0.2) is 5.82 Å². The van der Waals surface area contributed by atoms with Gasteiger partial charge in [0.1, 0.15) is 4.90 Å². The number of nitrogens with zero attached hydrogens (tertiary/aromatic N) is 4. The Kier molecular flexibility index (Phi) is 3.43. The molecule has 0 bridgehead atoms. The van der Waals surface area contributed by atoms with Crippen molar-refractivity contribution >= 4 is 21.5 Å². The lowest BCUT2D eigenvalue weighted by Gasteiger charge is -2.18. The number of nitrogen functional groups attached to an aromatic ring is 1. The molecule has 0 saturated heterocycles. The Morgan fingerprint density at radius 1 is 1.37 bits per heavy atom. The van der Waals surface area contributed by atoms with Gasteiger partial charge in [-0.15, -0.1) is 0 Å². The van der Waals surface area contributed by atoms with E-state index < -0.39 is 10.0 Å². The fourth-order valence-electron chi connectivity index (χ4n) is 1.62. The van der Waals surface area contributed by atoms with E-state index in [0.717, 1.165) is 4.31 Å². The Bertz CT molecular complexity index is 666. The maximum absolute atomic E-state index is 12.5. The Hall–Kier alpha value is -2.09. The molecule has 0 saturated carbocycles. The summed E-state index contributed by atoms with van der Waals surface area (Å²) in [5.41, 5.74) is 6.18. The zero-order chi connectivity index (χ0) is 14.0. The number of nitrogens with two attached hydrogens (primary N) is 1. The maximum atomic E-state index is 12.5. The Morgan fingerprint density at radius 3 is 2.53 bits per heavy atom. The van der Waals surface area contributed by atoms with E-state index in [1.165, 1.54) is 30.3 Å². The van der Waals surface area contributed by atoms with Gasteiger partial charge < -0.3 is 5.73 Å². The summed E-state index contributed by atoms with van der Waals surface area (Å²) in [6, 6.07) is 3.22. The van der Waals surface area contributed by atoms with Crippen LogP contribution in [-0.4, -0.2) is 30.2 Å². The summed E-state index contributed by atoms with van der Waals surface area (Å²) in [6.07, 6.45) is 4.49. The summed E-state index contributed by atoms with van der Waals surface area (Å²) in [5, 5.41) is 3.95. The van der Waals surface area contributed by atoms with E-state index in [0.29, 0.717) is 12.2 Å². The van der Waals surface area contributed by atoms with Crippen molar-refractivity contribution in [3.63, 3.8) is 0 Å². The number of aryl methyl sites for hydroxylation is 1. The Balaban J connectivity index is 2.45. The fraction of sp³-hybridized carbons (Fsp3) is 0.273. The van der Waals surface area contributed by atoms with Gasteiger partial charge in [0.25, 0.3) is 10.0 Å². The van der Waals surface area contributed by atoms with Crippen LogP contribution in [0.2, 0.25) is 0 Å². The highest BCUT2D eigenvalue weighted by atomic mass is 32.2. The number of hydrogen-bond donors (Lipinski definition) is 1. The molecule has 0 spiro atoms. The van der Waals surface area contributed by atoms with Crippen molar-refractivity contribution in [2.24, 2.45) is 0 Å². The van der Waals surface area contributed by atoms with E-state index in [-0.39, 0.29) is 10.7 Å². The van der Waals surface area contributed by atoms with Gasteiger partial charge in [-0.3, -0.25) is 14.0 Å². The summed E-state index contributed by atoms with van der Waals surface area (Å²) < 4.78 is 27.6. The molecule has 0 atom stereocenters. The zero-order valence-corrected chi connectivity index (χ0v) is 11.5. The van der Waals surface area contributed by atoms with Gasteiger partial charge in [-0.1, -0.05) is 0 Å². The first-order chi connectivity index (χ1) is 8.96. The maximum Gasteiger partial charge on any atom is 0.269 e. The van der Waals surface area contributed by atoms with Crippen molar-refractivity contribution in [1.82, 2.24) is 14.8 Å². The number of aromatic nitrogens is 3. The molecule has 2 heterocycles. The van der Waals surface area contributed by atoms with E-state index in [4.69, 9.17) is 5.73 Å². The molecule has 2 rings (SSSR count). The summed E-state index contributed by atoms with van der Waals surface area (Å²) in [7, 11) is -2.25. The van der Waals surface area contributed by atoms with Crippen molar-refractivity contribution in [3.8, 4) is 0 Å². The van der Waals surface area contributed by atoms with E-state index in [1.54, 1.807) is 12.1 Å². The summed E-state index contributed by atoms with van der Waals surface area (Å²) in [6.45, 7) is 2.41. The fourth-order valence-corrected chi connectivity index (χ4v) is 2.87. The molecule has 8 heteroatoms. The third kappa shape index (κ3) is 2.39. The molecular formula is C11H15N5O2S. The minimum atomic E-state index is -3.71. The lowest BCUT2D eigenvalue weighted by molar-refractivity contribution is 0.594. The molecule has 0 aromatic carbocycles. The van der Waals surface area contributed by atoms with Crippen LogP contribution < -0.4 is 10.0 Å². The number of anilines is 2. The van der Waals surface area contributed by atoms with Gasteiger partial charge in [-0.2, -0.15) is 5.10 Å². The first kappa shape index (κ1) is 13.3. The largest absolute Gasteiger partial charge is 0.381 e. The van der Waals surface area contributed by atoms with Crippen LogP contribution >= 0.6 is 0 Å². The van der Waals surface area contributed by atoms with E-state index >= 15 is 0 Å². The van der Waals surface area contributed by atoms with Crippen LogP contribution in [0.5, 0.6) is 0 Å². The predicted octanol–water partition coefficient (Wildman–Crippen LogP) is 0.705. The zero-order valence-electron chi connectivity index (χ0n) is 10.7. The second-order valence-corrected chi connectivity index (χ2v) is 5.85. The molecular weight excluding hydrogens is 266 g/mol. The lowest BCUT2D eigenvalue weighted by Crippen LogP contribution is -2.26. The first-order valence-corrected chi connectivity index (χ1v) is 7.12. The summed E-state index contributed by atoms with van der Waals surface area (Å²) in [5.74, 6) is 0.00255. The highest BCUT2D eigenvalue weighted by Crippen LogP contribution is 2.24. The Morgan fingerprint density at radius 2 is 2.00 bits per heavy atom. The average molecular weight is 281 g/mol. The lowest BCUT2D eigenvalue weighted by atomic mass is 10.4. The molecule has 0 aliphatic rings. The van der Waals surface area contributed by atoms with Crippen molar-refractivity contribution in [2.75, 3.05) is 17.1 Å². The van der Waals surface area contributed by atoms with Crippen molar-refractivity contribution in [1.29, 1.82) is 0 Å². The Labute approximate surface area is 111 Å². The monoisotopic (exact) mass is 281 g/mol. The molecule has 0 unspecified atom stereocenters. The molecule has 0 amide bonds. The third-order valence-electron chi connectivity index (χ3n) is 2.74. The SMILES string of the molecule is CCn1cc(S(=O)(=O)N(C)c2ccncc2)c(N)n1. The second kappa shape index (κ2) is 4.88. The van der Waals surface area contributed by atoms with Crippen LogP contribution in [0.15, 0.2) is 35.6 Å². The minimum Gasteiger partial charge on any atom is -0.381 e. The molecule has 2 N–H and O–H groups in total. The normalized spacial score (nSPS) is 11.5. The summed E-state index contributed by atoms with van der Waals surface area (Å²) >= 11 is 0. The van der Waals surface area contributed by atoms with E-state index in [1.807, 2.05) is 6.92 Å². The van der Waals surface area contributed by atoms with Crippen molar-refractivity contribution in [3.05, 3.63) is 30.7 Å². The minimum absolute atomic E-state index is 0.00255. The smallest absolute Gasteiger partial charge is 0.269 e. The molecule has 0 fully saturated rings. The molecule has 102 valence electrons. The predicted molar refractivity (Wildman–Crippen MR) is 72.1 cm³/mol. The van der Waals surface area contributed by atoms with Gasteiger partial charge in [0.2, 0.25) is 0 Å². The molecule has 0 aliphatic carbocycles. The van der Waals surface area contributed by atoms with Gasteiger partial charge in [-0.25, -0.2) is 8.42 Å². The van der Waals surface area contributed by atoms with Gasteiger partial charge in [0, 0.05) is 32.2 Å². The molecule has 0 radical (unpaired) electrons. The van der Waals surface area contributed by atoms with Crippen LogP contribution in [-0.2, 0) is 16.6 Å². The standard InChI is InChI=1S/C11H15N5O2S/c1-3-16-8-10(11(12)14-16)19(17,18)15(2)9-4-6-13-7-5-9/h4-8H,3H2,1-2H3,(H2,12,14). The molecule has 0 aliphatic heterocycles. The molecule has 19 heavy (non-hydrogen) atoms. The van der Waals surface area contributed by atoms with E-state index in [9.17, 15) is 8.42 Å². The van der Waals surface area contributed by atoms with Crippen molar-refractivity contribution < 1.29 is 8.42 Å². The highest BCUT2D eigenvalue weighted by Gasteiger charge is 2.26. The van der Waals surface area contributed by atoms with Crippen LogP contribution in [0.1, 0.15) is 6.92 Å². The average Bonchev–Trinajstić information content (AvgIpc) is 2.81. The molecule has 7 nitrogen and oxygen atoms in total. The van der Waals surface area contributed by atoms with Gasteiger partial charge in [0.05, 0.1) is 5.69 Å². The number of rotatable bonds is 4. The number of hydrogen-bond acceptors (Lipinski definition) is 5. The quantitative estimate of drug-likeness (QED) is 0.890. The van der Waals surface area contributed by atoms with E-state index in [2.05, 4.69) is 10.1 Å². The third-order valence-corrected chi connectivity index (χ3v) is 4.55. The topological polar surface area (TPSA) is 94.1 Å². The van der Waals surface area contributed by atoms with Crippen molar-refractivity contribution in [2.45, 2.75) is 18.4 Å². The molecule has 2 aromatic rings. The van der Waals surface area contributed by atoms with Crippen LogP contribution in [0, 0.1) is 0 Å². The second-order valence-electron chi connectivity index (χ2n) is 3.91. The van der Waals surface area contributed by atoms with Crippen LogP contribution in [0.3, 0.4) is 0 Å². The molecule has 2 aromatic heterocycles. The number of sulfonamides is 1. The van der Waals surface area contributed by atoms with Gasteiger partial charge >= 0.3 is 0 Å². The van der Waals surface area contributed by atoms with Crippen LogP contribution in [0.25, 0.3) is 0 Å². The van der Waals surface area contributed by atoms with Gasteiger partial charge in [-0.05, 0) is 19.1 Å². The first-order valence-electron chi connectivity index (χ1n) is 5.68. The summed E-state index contributed by atoms with van der Waals surface area (Å²) in [4.78, 5) is 3.86.